The van der Waals surface area contributed by atoms with Crippen LogP contribution in [0.3, 0.4) is 0 Å². The van der Waals surface area contributed by atoms with Gasteiger partial charge in [0.25, 0.3) is 5.91 Å². The maximum Gasteiger partial charge on any atom is 0.416 e. The molecule has 1 aromatic heterocycles. The smallest absolute Gasteiger partial charge is 0.371 e. The van der Waals surface area contributed by atoms with Crippen molar-refractivity contribution in [2.75, 3.05) is 31.1 Å². The van der Waals surface area contributed by atoms with Crippen LogP contribution in [-0.4, -0.2) is 48.2 Å². The minimum Gasteiger partial charge on any atom is -0.371 e. The second kappa shape index (κ2) is 10.6. The van der Waals surface area contributed by atoms with Gasteiger partial charge >= 0.3 is 6.18 Å². The highest BCUT2D eigenvalue weighted by molar-refractivity contribution is 5.90. The Kier molecular flexibility index (Phi) is 7.86. The summed E-state index contributed by atoms with van der Waals surface area (Å²) >= 11 is 0. The Balaban J connectivity index is 0.000000254. The van der Waals surface area contributed by atoms with Crippen molar-refractivity contribution in [2.45, 2.75) is 38.0 Å². The fraction of sp³-hybridized carbons (Fsp3) is 0.455. The first-order valence-electron chi connectivity index (χ1n) is 10.4. The van der Waals surface area contributed by atoms with E-state index >= 15 is 0 Å². The molecule has 2 aliphatic heterocycles. The van der Waals surface area contributed by atoms with Gasteiger partial charge in [-0.1, -0.05) is 6.07 Å². The molecule has 2 fully saturated rings. The number of benzene rings is 1. The number of nitrogens with two attached hydrogens (primary N) is 1. The standard InChI is InChI=1S/C16H21F3N2O.C6H6N2O/c17-16(18,19)13-3-5-14(6-4-13)20-11-7-15(8-12-20)22-21-9-1-2-10-21;7-6(9)5-3-1-2-4-8-5/h3-6,15H,1-2,7-12H2;1-4H,(H2,7,9). The highest BCUT2D eigenvalue weighted by Gasteiger charge is 2.30. The van der Waals surface area contributed by atoms with Gasteiger partial charge in [0.1, 0.15) is 5.69 Å². The number of carbonyl (C=O) groups excluding carboxylic acids is 1. The number of primary amides is 1. The molecular formula is C22H27F3N4O2. The molecule has 0 unspecified atom stereocenters. The topological polar surface area (TPSA) is 71.7 Å². The summed E-state index contributed by atoms with van der Waals surface area (Å²) < 4.78 is 37.7. The fourth-order valence-electron chi connectivity index (χ4n) is 3.59. The van der Waals surface area contributed by atoms with Crippen LogP contribution in [0.2, 0.25) is 0 Å². The maximum atomic E-state index is 12.6. The Morgan fingerprint density at radius 2 is 1.65 bits per heavy atom. The highest BCUT2D eigenvalue weighted by atomic mass is 19.4. The summed E-state index contributed by atoms with van der Waals surface area (Å²) in [6, 6.07) is 10.4. The van der Waals surface area contributed by atoms with Crippen molar-refractivity contribution < 1.29 is 22.8 Å². The number of alkyl halides is 3. The molecule has 0 bridgehead atoms. The molecule has 9 heteroatoms. The molecule has 2 aliphatic rings. The first kappa shape index (κ1) is 23.0. The Morgan fingerprint density at radius 1 is 1.00 bits per heavy atom. The lowest BCUT2D eigenvalue weighted by Gasteiger charge is -2.35. The molecule has 168 valence electrons. The average Bonchev–Trinajstić information content (AvgIpc) is 3.28. The van der Waals surface area contributed by atoms with Gasteiger partial charge in [-0.05, 0) is 62.1 Å². The van der Waals surface area contributed by atoms with Crippen molar-refractivity contribution in [3.63, 3.8) is 0 Å². The van der Waals surface area contributed by atoms with Crippen LogP contribution in [0.5, 0.6) is 0 Å². The SMILES string of the molecule is FC(F)(F)c1ccc(N2CCC(ON3CCCC3)CC2)cc1.NC(=O)c1ccccn1. The third kappa shape index (κ3) is 6.93. The molecule has 6 nitrogen and oxygen atoms in total. The molecule has 31 heavy (non-hydrogen) atoms. The molecule has 0 aliphatic carbocycles. The number of anilines is 1. The van der Waals surface area contributed by atoms with E-state index in [-0.39, 0.29) is 6.10 Å². The molecule has 4 rings (SSSR count). The fourth-order valence-corrected chi connectivity index (χ4v) is 3.59. The van der Waals surface area contributed by atoms with Crippen molar-refractivity contribution in [3.05, 3.63) is 59.9 Å². The van der Waals surface area contributed by atoms with E-state index in [0.29, 0.717) is 5.69 Å². The normalized spacial score (nSPS) is 17.8. The summed E-state index contributed by atoms with van der Waals surface area (Å²) in [5, 5.41) is 2.05. The number of aromatic nitrogens is 1. The summed E-state index contributed by atoms with van der Waals surface area (Å²) in [4.78, 5) is 22.2. The molecule has 0 saturated carbocycles. The number of piperidine rings is 1. The molecule has 3 heterocycles. The van der Waals surface area contributed by atoms with E-state index in [2.05, 4.69) is 14.9 Å². The van der Waals surface area contributed by atoms with Gasteiger partial charge in [-0.2, -0.15) is 18.2 Å². The van der Waals surface area contributed by atoms with Crippen molar-refractivity contribution >= 4 is 11.6 Å². The summed E-state index contributed by atoms with van der Waals surface area (Å²) in [5.41, 5.74) is 5.48. The number of carbonyl (C=O) groups is 1. The Hall–Kier alpha value is -2.65. The van der Waals surface area contributed by atoms with Crippen LogP contribution in [0, 0.1) is 0 Å². The quantitative estimate of drug-likeness (QED) is 0.788. The van der Waals surface area contributed by atoms with Gasteiger partial charge in [-0.15, -0.1) is 0 Å². The summed E-state index contributed by atoms with van der Waals surface area (Å²) in [6.45, 7) is 3.67. The van der Waals surface area contributed by atoms with Crippen molar-refractivity contribution in [3.8, 4) is 0 Å². The molecule has 1 aromatic carbocycles. The zero-order valence-corrected chi connectivity index (χ0v) is 17.2. The second-order valence-electron chi connectivity index (χ2n) is 7.55. The van der Waals surface area contributed by atoms with Gasteiger partial charge in [-0.25, -0.2) is 0 Å². The Bertz CT molecular complexity index is 817. The van der Waals surface area contributed by atoms with E-state index in [1.807, 2.05) is 0 Å². The minimum atomic E-state index is -4.27. The van der Waals surface area contributed by atoms with Crippen LogP contribution in [0.4, 0.5) is 18.9 Å². The van der Waals surface area contributed by atoms with Crippen LogP contribution in [0.15, 0.2) is 48.7 Å². The Morgan fingerprint density at radius 3 is 2.13 bits per heavy atom. The molecular weight excluding hydrogens is 409 g/mol. The van der Waals surface area contributed by atoms with Gasteiger partial charge in [-0.3, -0.25) is 14.6 Å². The number of rotatable bonds is 4. The van der Waals surface area contributed by atoms with Crippen molar-refractivity contribution in [1.29, 1.82) is 0 Å². The van der Waals surface area contributed by atoms with Gasteiger partial charge in [0, 0.05) is 38.1 Å². The van der Waals surface area contributed by atoms with Crippen LogP contribution in [-0.2, 0) is 11.0 Å². The van der Waals surface area contributed by atoms with Gasteiger partial charge in [0.15, 0.2) is 0 Å². The molecule has 0 radical (unpaired) electrons. The lowest BCUT2D eigenvalue weighted by molar-refractivity contribution is -0.188. The zero-order chi connectivity index (χ0) is 22.3. The van der Waals surface area contributed by atoms with Crippen LogP contribution in [0.25, 0.3) is 0 Å². The molecule has 2 saturated heterocycles. The zero-order valence-electron chi connectivity index (χ0n) is 17.2. The van der Waals surface area contributed by atoms with E-state index in [9.17, 15) is 18.0 Å². The van der Waals surface area contributed by atoms with Gasteiger partial charge < -0.3 is 10.6 Å². The average molecular weight is 436 g/mol. The van der Waals surface area contributed by atoms with Crippen molar-refractivity contribution in [2.24, 2.45) is 5.73 Å². The molecule has 2 aromatic rings. The number of hydrogen-bond acceptors (Lipinski definition) is 5. The number of halogens is 3. The predicted octanol–water partition coefficient (Wildman–Crippen LogP) is 3.88. The summed E-state index contributed by atoms with van der Waals surface area (Å²) in [6.07, 6.45) is 1.72. The molecule has 1 amide bonds. The van der Waals surface area contributed by atoms with Gasteiger partial charge in [0.2, 0.25) is 0 Å². The van der Waals surface area contributed by atoms with Crippen molar-refractivity contribution in [1.82, 2.24) is 10.0 Å². The van der Waals surface area contributed by atoms with E-state index in [0.717, 1.165) is 56.8 Å². The van der Waals surface area contributed by atoms with Crippen LogP contribution < -0.4 is 10.6 Å². The highest BCUT2D eigenvalue weighted by Crippen LogP contribution is 2.31. The monoisotopic (exact) mass is 436 g/mol. The maximum absolute atomic E-state index is 12.6. The third-order valence-electron chi connectivity index (χ3n) is 5.28. The lowest BCUT2D eigenvalue weighted by atomic mass is 10.1. The van der Waals surface area contributed by atoms with E-state index in [4.69, 9.17) is 10.6 Å². The second-order valence-corrected chi connectivity index (χ2v) is 7.55. The summed E-state index contributed by atoms with van der Waals surface area (Å²) in [7, 11) is 0. The molecule has 2 N–H and O–H groups in total. The number of hydrogen-bond donors (Lipinski definition) is 1. The number of hydroxylamine groups is 2. The van der Waals surface area contributed by atoms with Crippen LogP contribution >= 0.6 is 0 Å². The first-order chi connectivity index (χ1) is 14.8. The third-order valence-corrected chi connectivity index (χ3v) is 5.28. The van der Waals surface area contributed by atoms with Crippen LogP contribution in [0.1, 0.15) is 41.7 Å². The van der Waals surface area contributed by atoms with Gasteiger partial charge in [0.05, 0.1) is 11.7 Å². The number of nitrogens with zero attached hydrogens (tertiary/aromatic N) is 3. The van der Waals surface area contributed by atoms with E-state index in [1.165, 1.54) is 19.0 Å². The lowest BCUT2D eigenvalue weighted by Crippen LogP contribution is -2.39. The molecule has 0 spiro atoms. The summed E-state index contributed by atoms with van der Waals surface area (Å²) in [5.74, 6) is -0.490. The minimum absolute atomic E-state index is 0.240. The van der Waals surface area contributed by atoms with E-state index in [1.54, 1.807) is 30.3 Å². The Labute approximate surface area is 179 Å². The largest absolute Gasteiger partial charge is 0.416 e. The number of amides is 1. The predicted molar refractivity (Wildman–Crippen MR) is 111 cm³/mol. The number of pyridine rings is 1. The molecule has 0 atom stereocenters. The first-order valence-corrected chi connectivity index (χ1v) is 10.4. The van der Waals surface area contributed by atoms with E-state index < -0.39 is 17.6 Å².